The molecule has 0 aromatic heterocycles. The number of rotatable bonds is 6. The van der Waals surface area contributed by atoms with E-state index >= 15 is 0 Å². The molecule has 3 fully saturated rings. The van der Waals surface area contributed by atoms with E-state index in [2.05, 4.69) is 39.3 Å². The van der Waals surface area contributed by atoms with Crippen LogP contribution in [0, 0.1) is 11.8 Å². The lowest BCUT2D eigenvalue weighted by molar-refractivity contribution is -0.135. The molecular weight excluding hydrogens is 525 g/mol. The van der Waals surface area contributed by atoms with Crippen LogP contribution in [0.2, 0.25) is 0 Å². The summed E-state index contributed by atoms with van der Waals surface area (Å²) >= 11 is 0. The van der Waals surface area contributed by atoms with Crippen LogP contribution in [0.3, 0.4) is 0 Å². The van der Waals surface area contributed by atoms with Crippen LogP contribution in [0.4, 0.5) is 4.79 Å². The predicted octanol–water partition coefficient (Wildman–Crippen LogP) is 0.244. The quantitative estimate of drug-likeness (QED) is 0.208. The van der Waals surface area contributed by atoms with Gasteiger partial charge in [0.25, 0.3) is 0 Å². The number of piperidine rings is 1. The van der Waals surface area contributed by atoms with Crippen LogP contribution < -0.4 is 10.6 Å². The second-order valence-electron chi connectivity index (χ2n) is 8.95. The van der Waals surface area contributed by atoms with Crippen molar-refractivity contribution in [3.63, 3.8) is 0 Å². The second-order valence-corrected chi connectivity index (χ2v) is 8.95. The summed E-state index contributed by atoms with van der Waals surface area (Å²) in [5, 5.41) is 5.82. The number of amides is 4. The molecule has 0 aromatic rings. The lowest BCUT2D eigenvalue weighted by Crippen LogP contribution is -2.55. The molecule has 2 unspecified atom stereocenters. The number of carbonyl (C=O) groups excluding carboxylic acids is 3. The smallest absolute Gasteiger partial charge is 0.324 e. The average Bonchev–Trinajstić information content (AvgIpc) is 3.05. The number of nitrogens with zero attached hydrogens (tertiary/aromatic N) is 5. The SMILES string of the molecule is CCNC(=NCCN1C(=O)CNC1=O)N1CCN(CC(=O)N2CC(C)CC(C)C2)CC1.I. The third kappa shape index (κ3) is 7.19. The molecule has 2 atom stereocenters. The fourth-order valence-corrected chi connectivity index (χ4v) is 4.64. The summed E-state index contributed by atoms with van der Waals surface area (Å²) < 4.78 is 0. The summed E-state index contributed by atoms with van der Waals surface area (Å²) in [6.07, 6.45) is 1.20. The number of imide groups is 1. The fraction of sp³-hybridized carbons (Fsp3) is 0.810. The maximum absolute atomic E-state index is 12.8. The Bertz CT molecular complexity index is 671. The number of piperazine rings is 1. The number of carbonyl (C=O) groups is 3. The van der Waals surface area contributed by atoms with E-state index in [9.17, 15) is 14.4 Å². The Morgan fingerprint density at radius 1 is 1.09 bits per heavy atom. The fourth-order valence-electron chi connectivity index (χ4n) is 4.64. The van der Waals surface area contributed by atoms with Crippen molar-refractivity contribution < 1.29 is 14.4 Å². The molecule has 3 heterocycles. The highest BCUT2D eigenvalue weighted by Crippen LogP contribution is 2.21. The molecule has 32 heavy (non-hydrogen) atoms. The summed E-state index contributed by atoms with van der Waals surface area (Å²) in [7, 11) is 0. The van der Waals surface area contributed by atoms with Gasteiger partial charge in [-0.05, 0) is 25.2 Å². The number of nitrogens with one attached hydrogen (secondary N) is 2. The van der Waals surface area contributed by atoms with Gasteiger partial charge in [-0.1, -0.05) is 13.8 Å². The summed E-state index contributed by atoms with van der Waals surface area (Å²) in [5.74, 6) is 1.97. The topological polar surface area (TPSA) is 101 Å². The number of likely N-dealkylation sites (tertiary alicyclic amines) is 1. The monoisotopic (exact) mass is 563 g/mol. The van der Waals surface area contributed by atoms with Crippen molar-refractivity contribution in [2.75, 3.05) is 72.0 Å². The van der Waals surface area contributed by atoms with E-state index in [4.69, 9.17) is 0 Å². The molecule has 0 radical (unpaired) electrons. The Morgan fingerprint density at radius 3 is 2.31 bits per heavy atom. The summed E-state index contributed by atoms with van der Waals surface area (Å²) in [6.45, 7) is 13.3. The van der Waals surface area contributed by atoms with Gasteiger partial charge in [0.2, 0.25) is 11.8 Å². The minimum atomic E-state index is -0.346. The molecule has 0 aliphatic carbocycles. The largest absolute Gasteiger partial charge is 0.357 e. The summed E-state index contributed by atoms with van der Waals surface area (Å²) in [6, 6.07) is -0.346. The molecule has 2 N–H and O–H groups in total. The molecular formula is C21H38IN7O3. The van der Waals surface area contributed by atoms with Gasteiger partial charge in [-0.25, -0.2) is 4.79 Å². The first-order chi connectivity index (χ1) is 14.9. The maximum Gasteiger partial charge on any atom is 0.324 e. The van der Waals surface area contributed by atoms with E-state index in [0.717, 1.165) is 51.8 Å². The van der Waals surface area contributed by atoms with Crippen LogP contribution in [0.5, 0.6) is 0 Å². The molecule has 3 rings (SSSR count). The predicted molar refractivity (Wildman–Crippen MR) is 134 cm³/mol. The van der Waals surface area contributed by atoms with Crippen molar-refractivity contribution in [2.45, 2.75) is 27.2 Å². The number of urea groups is 1. The van der Waals surface area contributed by atoms with Gasteiger partial charge in [0, 0.05) is 45.8 Å². The molecule has 0 aromatic carbocycles. The van der Waals surface area contributed by atoms with E-state index in [-0.39, 0.29) is 54.9 Å². The van der Waals surface area contributed by atoms with E-state index in [1.807, 2.05) is 11.8 Å². The Labute approximate surface area is 208 Å². The van der Waals surface area contributed by atoms with Gasteiger partial charge < -0.3 is 20.4 Å². The van der Waals surface area contributed by atoms with Crippen LogP contribution in [0.25, 0.3) is 0 Å². The Kier molecular flexibility index (Phi) is 10.5. The zero-order chi connectivity index (χ0) is 22.4. The zero-order valence-electron chi connectivity index (χ0n) is 19.5. The van der Waals surface area contributed by atoms with Crippen molar-refractivity contribution >= 4 is 47.8 Å². The van der Waals surface area contributed by atoms with Crippen molar-refractivity contribution in [3.05, 3.63) is 0 Å². The number of guanidine groups is 1. The van der Waals surface area contributed by atoms with Gasteiger partial charge in [0.05, 0.1) is 26.2 Å². The standard InChI is InChI=1S/C21H37N7O3.HI/c1-4-22-20(23-5-6-28-18(29)12-24-21(28)31)26-9-7-25(8-10-26)15-19(30)27-13-16(2)11-17(3)14-27;/h16-17H,4-15H2,1-3H3,(H,22,23)(H,24,31);1H. The molecule has 0 bridgehead atoms. The Hall–Kier alpha value is -1.63. The van der Waals surface area contributed by atoms with Crippen LogP contribution in [-0.4, -0.2) is 115 Å². The highest BCUT2D eigenvalue weighted by atomic mass is 127. The first kappa shape index (κ1) is 26.6. The molecule has 3 saturated heterocycles. The van der Waals surface area contributed by atoms with Gasteiger partial charge in [0.15, 0.2) is 5.96 Å². The number of hydrogen-bond acceptors (Lipinski definition) is 5. The van der Waals surface area contributed by atoms with Crippen molar-refractivity contribution in [3.8, 4) is 0 Å². The van der Waals surface area contributed by atoms with Crippen molar-refractivity contribution in [2.24, 2.45) is 16.8 Å². The third-order valence-electron chi connectivity index (χ3n) is 6.11. The van der Waals surface area contributed by atoms with Gasteiger partial charge >= 0.3 is 6.03 Å². The van der Waals surface area contributed by atoms with Gasteiger partial charge in [-0.3, -0.25) is 24.4 Å². The van der Waals surface area contributed by atoms with Crippen LogP contribution in [0.1, 0.15) is 27.2 Å². The Balaban J connectivity index is 0.00000363. The Morgan fingerprint density at radius 2 is 1.75 bits per heavy atom. The van der Waals surface area contributed by atoms with Gasteiger partial charge in [0.1, 0.15) is 0 Å². The molecule has 3 aliphatic rings. The molecule has 10 nitrogen and oxygen atoms in total. The van der Waals surface area contributed by atoms with E-state index in [1.165, 1.54) is 11.3 Å². The first-order valence-electron chi connectivity index (χ1n) is 11.5. The van der Waals surface area contributed by atoms with E-state index in [0.29, 0.717) is 24.9 Å². The normalized spacial score (nSPS) is 25.0. The molecule has 0 spiro atoms. The van der Waals surface area contributed by atoms with Gasteiger partial charge in [-0.15, -0.1) is 24.0 Å². The van der Waals surface area contributed by atoms with Crippen LogP contribution in [0.15, 0.2) is 4.99 Å². The molecule has 3 aliphatic heterocycles. The van der Waals surface area contributed by atoms with E-state index < -0.39 is 0 Å². The van der Waals surface area contributed by atoms with E-state index in [1.54, 1.807) is 0 Å². The highest BCUT2D eigenvalue weighted by Gasteiger charge is 2.29. The number of aliphatic imine (C=N–C) groups is 1. The first-order valence-corrected chi connectivity index (χ1v) is 11.5. The highest BCUT2D eigenvalue weighted by molar-refractivity contribution is 14.0. The summed E-state index contributed by atoms with van der Waals surface area (Å²) in [5.41, 5.74) is 0. The molecule has 11 heteroatoms. The van der Waals surface area contributed by atoms with Crippen LogP contribution in [-0.2, 0) is 9.59 Å². The van der Waals surface area contributed by atoms with Crippen LogP contribution >= 0.6 is 24.0 Å². The minimum Gasteiger partial charge on any atom is -0.357 e. The maximum atomic E-state index is 12.8. The lowest BCUT2D eigenvalue weighted by Gasteiger charge is -2.39. The zero-order valence-corrected chi connectivity index (χ0v) is 21.8. The number of hydrogen-bond donors (Lipinski definition) is 2. The lowest BCUT2D eigenvalue weighted by atomic mass is 9.92. The summed E-state index contributed by atoms with van der Waals surface area (Å²) in [4.78, 5) is 48.4. The molecule has 182 valence electrons. The number of halogens is 1. The molecule has 0 saturated carbocycles. The van der Waals surface area contributed by atoms with Crippen molar-refractivity contribution in [1.29, 1.82) is 0 Å². The third-order valence-corrected chi connectivity index (χ3v) is 6.11. The van der Waals surface area contributed by atoms with Crippen molar-refractivity contribution in [1.82, 2.24) is 30.2 Å². The average molecular weight is 563 g/mol. The molecule has 4 amide bonds. The van der Waals surface area contributed by atoms with Gasteiger partial charge in [-0.2, -0.15) is 0 Å². The minimum absolute atomic E-state index is 0. The second kappa shape index (κ2) is 12.6.